The number of hydrogen-bond donors (Lipinski definition) is 0. The molecule has 7 aromatic carbocycles. The van der Waals surface area contributed by atoms with Crippen molar-refractivity contribution in [2.75, 3.05) is 0 Å². The Bertz CT molecular complexity index is 3200. The molecule has 0 saturated carbocycles. The molecular formula is C56H45N3. The van der Waals surface area contributed by atoms with E-state index in [2.05, 4.69) is 191 Å². The Morgan fingerprint density at radius 2 is 1.22 bits per heavy atom. The minimum absolute atomic E-state index is 0.757. The quantitative estimate of drug-likeness (QED) is 0.152. The molecule has 0 N–H and O–H groups in total. The van der Waals surface area contributed by atoms with Crippen molar-refractivity contribution in [3.05, 3.63) is 218 Å². The maximum absolute atomic E-state index is 5.70. The van der Waals surface area contributed by atoms with Gasteiger partial charge in [0.05, 0.1) is 22.4 Å². The summed E-state index contributed by atoms with van der Waals surface area (Å²) in [5.74, 6) is 0.828. The number of para-hydroxylation sites is 1. The first-order chi connectivity index (χ1) is 28.9. The summed E-state index contributed by atoms with van der Waals surface area (Å²) >= 11 is 0. The van der Waals surface area contributed by atoms with Crippen molar-refractivity contribution in [3.63, 3.8) is 0 Å². The average molecular weight is 760 g/mol. The van der Waals surface area contributed by atoms with Crippen LogP contribution in [-0.4, -0.2) is 14.5 Å². The van der Waals surface area contributed by atoms with Gasteiger partial charge in [0, 0.05) is 28.3 Å². The number of aromatic nitrogens is 3. The fourth-order valence-corrected chi connectivity index (χ4v) is 8.86. The SMILES string of the molecule is C=C/C=C\C1=C(C)Cc2nc(-c3cccc(-c4ccccc4)c3)c(-n3c4ccccc4c4c5ccccc5c(-c5cc6ccccc6cc5C)c(C)c43)nc21.C=CC=C. The van der Waals surface area contributed by atoms with E-state index in [4.69, 9.17) is 9.97 Å². The third-order valence-corrected chi connectivity index (χ3v) is 11.6. The third kappa shape index (κ3) is 6.42. The van der Waals surface area contributed by atoms with Crippen LogP contribution in [0, 0.1) is 13.8 Å². The van der Waals surface area contributed by atoms with Gasteiger partial charge in [-0.05, 0) is 93.9 Å². The van der Waals surface area contributed by atoms with E-state index in [-0.39, 0.29) is 0 Å². The van der Waals surface area contributed by atoms with Gasteiger partial charge in [-0.2, -0.15) is 0 Å². The molecular weight excluding hydrogens is 715 g/mol. The first kappa shape index (κ1) is 37.2. The predicted molar refractivity (Wildman–Crippen MR) is 253 cm³/mol. The number of fused-ring (bicyclic) bond motifs is 7. The number of rotatable bonds is 7. The van der Waals surface area contributed by atoms with Gasteiger partial charge < -0.3 is 0 Å². The van der Waals surface area contributed by atoms with Crippen LogP contribution in [0.25, 0.3) is 88.3 Å². The first-order valence-corrected chi connectivity index (χ1v) is 20.2. The molecule has 0 amide bonds. The van der Waals surface area contributed by atoms with E-state index in [1.54, 1.807) is 12.2 Å². The molecule has 0 spiro atoms. The van der Waals surface area contributed by atoms with E-state index in [1.807, 2.05) is 12.2 Å². The molecule has 10 rings (SSSR count). The molecule has 2 aromatic heterocycles. The van der Waals surface area contributed by atoms with Crippen LogP contribution in [0.15, 0.2) is 195 Å². The summed E-state index contributed by atoms with van der Waals surface area (Å²) in [6, 6.07) is 50.4. The number of nitrogens with zero attached hydrogens (tertiary/aromatic N) is 3. The molecule has 0 radical (unpaired) electrons. The number of aryl methyl sites for hydroxylation is 2. The van der Waals surface area contributed by atoms with Crippen molar-refractivity contribution < 1.29 is 0 Å². The van der Waals surface area contributed by atoms with Crippen LogP contribution >= 0.6 is 0 Å². The fraction of sp³-hybridized carbons (Fsp3) is 0.0714. The summed E-state index contributed by atoms with van der Waals surface area (Å²) in [5, 5.41) is 7.40. The highest BCUT2D eigenvalue weighted by atomic mass is 15.1. The maximum atomic E-state index is 5.70. The predicted octanol–water partition coefficient (Wildman–Crippen LogP) is 14.9. The van der Waals surface area contributed by atoms with Gasteiger partial charge in [-0.25, -0.2) is 9.97 Å². The van der Waals surface area contributed by atoms with Crippen molar-refractivity contribution >= 4 is 48.9 Å². The molecule has 3 heteroatoms. The van der Waals surface area contributed by atoms with E-state index in [0.29, 0.717) is 0 Å². The molecule has 0 atom stereocenters. The summed E-state index contributed by atoms with van der Waals surface area (Å²) < 4.78 is 2.41. The van der Waals surface area contributed by atoms with E-state index in [0.717, 1.165) is 57.1 Å². The summed E-state index contributed by atoms with van der Waals surface area (Å²) in [4.78, 5) is 11.3. The maximum Gasteiger partial charge on any atom is 0.165 e. The lowest BCUT2D eigenvalue weighted by atomic mass is 9.87. The van der Waals surface area contributed by atoms with Crippen LogP contribution in [0.4, 0.5) is 0 Å². The van der Waals surface area contributed by atoms with Crippen molar-refractivity contribution in [2.24, 2.45) is 0 Å². The van der Waals surface area contributed by atoms with Crippen LogP contribution in [0.2, 0.25) is 0 Å². The van der Waals surface area contributed by atoms with Crippen LogP contribution in [0.5, 0.6) is 0 Å². The standard InChI is InChI=1S/C52H39N3.C4H6/c1-5-6-23-40-33(3)29-45-50(40)54-52(49(53-45)39-22-16-21-37(30-39)35-17-8-7-9-18-35)55-46-27-15-14-26-43(46)48-42-25-13-12-24-41(42)47(34(4)51(48)55)44-31-38-20-11-10-19-36(38)28-32(44)2;1-3-4-2/h5-28,30-31H,1,29H2,2-4H3;3-4H,1-2H2/b23-6-;. The summed E-state index contributed by atoms with van der Waals surface area (Å²) in [5.41, 5.74) is 15.8. The molecule has 0 saturated heterocycles. The number of hydrogen-bond acceptors (Lipinski definition) is 2. The van der Waals surface area contributed by atoms with Gasteiger partial charge in [-0.15, -0.1) is 0 Å². The van der Waals surface area contributed by atoms with Crippen LogP contribution in [0.1, 0.15) is 29.4 Å². The Hall–Kier alpha value is -7.36. The highest BCUT2D eigenvalue weighted by Crippen LogP contribution is 2.47. The molecule has 1 aliphatic rings. The third-order valence-electron chi connectivity index (χ3n) is 11.6. The lowest BCUT2D eigenvalue weighted by Gasteiger charge is -2.19. The van der Waals surface area contributed by atoms with Gasteiger partial charge in [-0.3, -0.25) is 4.57 Å². The molecule has 0 fully saturated rings. The van der Waals surface area contributed by atoms with E-state index in [1.165, 1.54) is 65.7 Å². The minimum atomic E-state index is 0.757. The minimum Gasteiger partial charge on any atom is -0.292 e. The van der Waals surface area contributed by atoms with Gasteiger partial charge in [0.15, 0.2) is 5.82 Å². The lowest BCUT2D eigenvalue weighted by Crippen LogP contribution is -2.08. The van der Waals surface area contributed by atoms with Crippen LogP contribution in [-0.2, 0) is 6.42 Å². The highest BCUT2D eigenvalue weighted by molar-refractivity contribution is 6.26. The number of allylic oxidation sites excluding steroid dienone is 7. The zero-order valence-electron chi connectivity index (χ0n) is 33.8. The molecule has 2 heterocycles. The topological polar surface area (TPSA) is 30.7 Å². The second kappa shape index (κ2) is 15.5. The van der Waals surface area contributed by atoms with Gasteiger partial charge >= 0.3 is 0 Å². The zero-order valence-corrected chi connectivity index (χ0v) is 33.8. The fourth-order valence-electron chi connectivity index (χ4n) is 8.86. The largest absolute Gasteiger partial charge is 0.292 e. The molecule has 1 aliphatic carbocycles. The van der Waals surface area contributed by atoms with Gasteiger partial charge in [0.2, 0.25) is 0 Å². The second-order valence-electron chi connectivity index (χ2n) is 15.2. The Balaban J connectivity index is 0.00000108. The molecule has 0 aliphatic heterocycles. The highest BCUT2D eigenvalue weighted by Gasteiger charge is 2.28. The van der Waals surface area contributed by atoms with Crippen LogP contribution in [0.3, 0.4) is 0 Å². The van der Waals surface area contributed by atoms with Gasteiger partial charge in [-0.1, -0.05) is 177 Å². The second-order valence-corrected chi connectivity index (χ2v) is 15.2. The lowest BCUT2D eigenvalue weighted by molar-refractivity contribution is 0.987. The molecule has 9 aromatic rings. The van der Waals surface area contributed by atoms with E-state index in [9.17, 15) is 0 Å². The Labute approximate surface area is 346 Å². The normalized spacial score (nSPS) is 12.3. The van der Waals surface area contributed by atoms with Crippen molar-refractivity contribution in [1.82, 2.24) is 14.5 Å². The molecule has 59 heavy (non-hydrogen) atoms. The monoisotopic (exact) mass is 759 g/mol. The van der Waals surface area contributed by atoms with Gasteiger partial charge in [0.25, 0.3) is 0 Å². The Kier molecular flexibility index (Phi) is 9.80. The molecule has 0 bridgehead atoms. The summed E-state index contributed by atoms with van der Waals surface area (Å²) in [7, 11) is 0. The summed E-state index contributed by atoms with van der Waals surface area (Å²) in [6.45, 7) is 17.4. The smallest absolute Gasteiger partial charge is 0.165 e. The summed E-state index contributed by atoms with van der Waals surface area (Å²) in [6.07, 6.45) is 10.00. The van der Waals surface area contributed by atoms with Crippen molar-refractivity contribution in [3.8, 4) is 39.3 Å². The van der Waals surface area contributed by atoms with Crippen LogP contribution < -0.4 is 0 Å². The average Bonchev–Trinajstić information content (AvgIpc) is 3.79. The van der Waals surface area contributed by atoms with Crippen molar-refractivity contribution in [1.29, 1.82) is 0 Å². The Morgan fingerprint density at radius 1 is 0.576 bits per heavy atom. The zero-order chi connectivity index (χ0) is 40.6. The van der Waals surface area contributed by atoms with E-state index < -0.39 is 0 Å². The molecule has 0 unspecified atom stereocenters. The molecule has 284 valence electrons. The van der Waals surface area contributed by atoms with E-state index >= 15 is 0 Å². The van der Waals surface area contributed by atoms with Crippen molar-refractivity contribution in [2.45, 2.75) is 27.2 Å². The molecule has 3 nitrogen and oxygen atoms in total. The Morgan fingerprint density at radius 3 is 1.97 bits per heavy atom. The first-order valence-electron chi connectivity index (χ1n) is 20.2. The number of benzene rings is 7. The van der Waals surface area contributed by atoms with Gasteiger partial charge in [0.1, 0.15) is 5.69 Å².